The fourth-order valence-corrected chi connectivity index (χ4v) is 3.25. The molecule has 4 heteroatoms. The predicted molar refractivity (Wildman–Crippen MR) is 76.0 cm³/mol. The van der Waals surface area contributed by atoms with E-state index in [2.05, 4.69) is 4.98 Å². The number of carbonyl (C=O) groups excluding carboxylic acids is 1. The first-order chi connectivity index (χ1) is 9.16. The van der Waals surface area contributed by atoms with Crippen molar-refractivity contribution in [3.05, 3.63) is 35.5 Å². The molecule has 0 spiro atoms. The molecule has 0 saturated heterocycles. The van der Waals surface area contributed by atoms with Crippen LogP contribution in [0.1, 0.15) is 47.5 Å². The maximum Gasteiger partial charge on any atom is 0.250 e. The van der Waals surface area contributed by atoms with Gasteiger partial charge in [-0.15, -0.1) is 0 Å². The van der Waals surface area contributed by atoms with Crippen LogP contribution in [0.25, 0.3) is 10.9 Å². The van der Waals surface area contributed by atoms with E-state index in [0.717, 1.165) is 23.7 Å². The minimum absolute atomic E-state index is 0.295. The summed E-state index contributed by atoms with van der Waals surface area (Å²) in [5, 5.41) is 1.11. The molecule has 0 bridgehead atoms. The van der Waals surface area contributed by atoms with Gasteiger partial charge >= 0.3 is 0 Å². The van der Waals surface area contributed by atoms with Crippen molar-refractivity contribution < 1.29 is 4.79 Å². The van der Waals surface area contributed by atoms with Crippen molar-refractivity contribution in [2.24, 2.45) is 11.5 Å². The average molecular weight is 257 g/mol. The summed E-state index contributed by atoms with van der Waals surface area (Å²) < 4.78 is 0. The third-order valence-corrected chi connectivity index (χ3v) is 4.18. The first kappa shape index (κ1) is 12.2. The van der Waals surface area contributed by atoms with Crippen molar-refractivity contribution in [3.63, 3.8) is 0 Å². The van der Waals surface area contributed by atoms with Gasteiger partial charge in [0.25, 0.3) is 5.91 Å². The van der Waals surface area contributed by atoms with Gasteiger partial charge < -0.3 is 16.5 Å². The molecule has 2 aromatic rings. The number of benzene rings is 1. The number of nitrogens with two attached hydrogens (primary N) is 2. The molecule has 0 unspecified atom stereocenters. The monoisotopic (exact) mass is 257 g/mol. The van der Waals surface area contributed by atoms with E-state index >= 15 is 0 Å². The fraction of sp³-hybridized carbons (Fsp3) is 0.400. The summed E-state index contributed by atoms with van der Waals surface area (Å²) in [5.74, 6) is 0.100. The van der Waals surface area contributed by atoms with Crippen LogP contribution in [-0.4, -0.2) is 16.9 Å². The molecule has 1 aliphatic rings. The summed E-state index contributed by atoms with van der Waals surface area (Å²) in [5.41, 5.74) is 14.2. The van der Waals surface area contributed by atoms with Crippen molar-refractivity contribution in [3.8, 4) is 0 Å². The first-order valence-corrected chi connectivity index (χ1v) is 6.82. The van der Waals surface area contributed by atoms with Crippen LogP contribution in [0.15, 0.2) is 24.4 Å². The van der Waals surface area contributed by atoms with E-state index in [1.54, 1.807) is 0 Å². The number of hydrogen-bond donors (Lipinski definition) is 3. The molecule has 1 fully saturated rings. The molecule has 1 aliphatic carbocycles. The van der Waals surface area contributed by atoms with Crippen molar-refractivity contribution in [1.82, 2.24) is 4.98 Å². The van der Waals surface area contributed by atoms with Gasteiger partial charge in [0.2, 0.25) is 0 Å². The number of aromatic amines is 1. The van der Waals surface area contributed by atoms with E-state index in [1.807, 2.05) is 24.4 Å². The second-order valence-electron chi connectivity index (χ2n) is 5.46. The van der Waals surface area contributed by atoms with Crippen LogP contribution >= 0.6 is 0 Å². The molecule has 4 nitrogen and oxygen atoms in total. The Morgan fingerprint density at radius 2 is 2.11 bits per heavy atom. The van der Waals surface area contributed by atoms with Gasteiger partial charge in [-0.2, -0.15) is 0 Å². The third kappa shape index (κ3) is 2.12. The van der Waals surface area contributed by atoms with E-state index in [-0.39, 0.29) is 5.91 Å². The van der Waals surface area contributed by atoms with E-state index < -0.39 is 0 Å². The van der Waals surface area contributed by atoms with Gasteiger partial charge in [-0.25, -0.2) is 0 Å². The zero-order chi connectivity index (χ0) is 13.4. The molecule has 19 heavy (non-hydrogen) atoms. The zero-order valence-corrected chi connectivity index (χ0v) is 10.9. The lowest BCUT2D eigenvalue weighted by Crippen LogP contribution is -2.27. The zero-order valence-electron chi connectivity index (χ0n) is 10.9. The Kier molecular flexibility index (Phi) is 3.03. The molecule has 0 radical (unpaired) electrons. The maximum absolute atomic E-state index is 11.4. The summed E-state index contributed by atoms with van der Waals surface area (Å²) in [6.07, 6.45) is 6.35. The molecular formula is C15H19N3O. The number of carbonyl (C=O) groups is 1. The van der Waals surface area contributed by atoms with Crippen molar-refractivity contribution in [1.29, 1.82) is 0 Å². The van der Waals surface area contributed by atoms with E-state index in [0.29, 0.717) is 17.5 Å². The summed E-state index contributed by atoms with van der Waals surface area (Å²) in [4.78, 5) is 14.6. The largest absolute Gasteiger partial charge is 0.366 e. The average Bonchev–Trinajstić information content (AvgIpc) is 2.86. The highest BCUT2D eigenvalue weighted by Crippen LogP contribution is 2.36. The van der Waals surface area contributed by atoms with Gasteiger partial charge in [0.05, 0.1) is 11.1 Å². The van der Waals surface area contributed by atoms with Crippen molar-refractivity contribution in [2.75, 3.05) is 0 Å². The summed E-state index contributed by atoms with van der Waals surface area (Å²) >= 11 is 0. The first-order valence-electron chi connectivity index (χ1n) is 6.82. The van der Waals surface area contributed by atoms with Crippen LogP contribution in [0.2, 0.25) is 0 Å². The number of primary amides is 1. The lowest BCUT2D eigenvalue weighted by Gasteiger charge is -2.27. The highest BCUT2D eigenvalue weighted by molar-refractivity contribution is 6.05. The van der Waals surface area contributed by atoms with Crippen LogP contribution in [0.3, 0.4) is 0 Å². The molecule has 1 aromatic heterocycles. The summed E-state index contributed by atoms with van der Waals surface area (Å²) in [6, 6.07) is 6.19. The third-order valence-electron chi connectivity index (χ3n) is 4.18. The maximum atomic E-state index is 11.4. The van der Waals surface area contributed by atoms with Gasteiger partial charge in [-0.3, -0.25) is 4.79 Å². The molecule has 5 N–H and O–H groups in total. The SMILES string of the molecule is NC(=O)c1ccc([C@H]2CCC[C@H](N)C2)c2cc[nH]c12. The molecule has 3 rings (SSSR count). The number of fused-ring (bicyclic) bond motifs is 1. The lowest BCUT2D eigenvalue weighted by atomic mass is 9.80. The molecule has 2 atom stereocenters. The summed E-state index contributed by atoms with van der Waals surface area (Å²) in [7, 11) is 0. The van der Waals surface area contributed by atoms with Crippen molar-refractivity contribution >= 4 is 16.8 Å². The molecule has 100 valence electrons. The standard InChI is InChI=1S/C15H19N3O/c16-10-3-1-2-9(8-10)11-4-5-13(15(17)19)14-12(11)6-7-18-14/h4-7,9-10,18H,1-3,8,16H2,(H2,17,19)/t9-,10-/m0/s1. The Bertz CT molecular complexity index is 617. The highest BCUT2D eigenvalue weighted by Gasteiger charge is 2.23. The van der Waals surface area contributed by atoms with Gasteiger partial charge in [0.1, 0.15) is 0 Å². The molecule has 0 aliphatic heterocycles. The topological polar surface area (TPSA) is 84.9 Å². The second-order valence-corrected chi connectivity index (χ2v) is 5.46. The minimum atomic E-state index is -0.389. The van der Waals surface area contributed by atoms with Gasteiger partial charge in [-0.05, 0) is 42.9 Å². The fourth-order valence-electron chi connectivity index (χ4n) is 3.25. The number of hydrogen-bond acceptors (Lipinski definition) is 2. The smallest absolute Gasteiger partial charge is 0.250 e. The number of amides is 1. The molecule has 1 heterocycles. The normalized spacial score (nSPS) is 23.6. The minimum Gasteiger partial charge on any atom is -0.366 e. The molecule has 1 amide bonds. The Labute approximate surface area is 112 Å². The van der Waals surface area contributed by atoms with Crippen LogP contribution in [0.5, 0.6) is 0 Å². The van der Waals surface area contributed by atoms with Crippen LogP contribution < -0.4 is 11.5 Å². The number of nitrogens with one attached hydrogen (secondary N) is 1. The number of H-pyrrole nitrogens is 1. The lowest BCUT2D eigenvalue weighted by molar-refractivity contribution is 0.100. The number of rotatable bonds is 2. The van der Waals surface area contributed by atoms with Gasteiger partial charge in [-0.1, -0.05) is 12.5 Å². The molecule has 1 saturated carbocycles. The molecular weight excluding hydrogens is 238 g/mol. The van der Waals surface area contributed by atoms with Crippen molar-refractivity contribution in [2.45, 2.75) is 37.6 Å². The van der Waals surface area contributed by atoms with E-state index in [9.17, 15) is 4.79 Å². The van der Waals surface area contributed by atoms with E-state index in [1.165, 1.54) is 18.4 Å². The quantitative estimate of drug-likeness (QED) is 0.770. The van der Waals surface area contributed by atoms with Crippen LogP contribution in [0.4, 0.5) is 0 Å². The van der Waals surface area contributed by atoms with E-state index in [4.69, 9.17) is 11.5 Å². The Morgan fingerprint density at radius 1 is 1.26 bits per heavy atom. The van der Waals surface area contributed by atoms with Gasteiger partial charge in [0, 0.05) is 17.6 Å². The second kappa shape index (κ2) is 4.70. The summed E-state index contributed by atoms with van der Waals surface area (Å²) in [6.45, 7) is 0. The Hall–Kier alpha value is -1.81. The number of aromatic nitrogens is 1. The van der Waals surface area contributed by atoms with Crippen LogP contribution in [0, 0.1) is 0 Å². The van der Waals surface area contributed by atoms with Crippen LogP contribution in [-0.2, 0) is 0 Å². The van der Waals surface area contributed by atoms with Gasteiger partial charge in [0.15, 0.2) is 0 Å². The highest BCUT2D eigenvalue weighted by atomic mass is 16.1. The Balaban J connectivity index is 2.07. The Morgan fingerprint density at radius 3 is 2.84 bits per heavy atom. The predicted octanol–water partition coefficient (Wildman–Crippen LogP) is 2.25. The molecule has 1 aromatic carbocycles.